The Bertz CT molecular complexity index is 791. The second kappa shape index (κ2) is 6.51. The molecule has 128 valence electrons. The molecule has 1 aliphatic carbocycles. The lowest BCUT2D eigenvalue weighted by atomic mass is 9.76. The molecule has 1 heterocycles. The first-order valence-corrected chi connectivity index (χ1v) is 9.33. The highest BCUT2D eigenvalue weighted by molar-refractivity contribution is 6.20. The molecule has 0 saturated heterocycles. The van der Waals surface area contributed by atoms with Crippen molar-refractivity contribution in [1.29, 1.82) is 0 Å². The Morgan fingerprint density at radius 3 is 2.40 bits per heavy atom. The molecule has 2 unspecified atom stereocenters. The molecule has 4 rings (SSSR count). The van der Waals surface area contributed by atoms with E-state index >= 15 is 0 Å². The van der Waals surface area contributed by atoms with E-state index in [9.17, 15) is 4.79 Å². The number of rotatable bonds is 4. The summed E-state index contributed by atoms with van der Waals surface area (Å²) in [5.74, 6) is 0.123. The van der Waals surface area contributed by atoms with Gasteiger partial charge in [-0.1, -0.05) is 74.0 Å². The maximum Gasteiger partial charge on any atom is 0.339 e. The van der Waals surface area contributed by atoms with Crippen LogP contribution < -0.4 is 0 Å². The first kappa shape index (κ1) is 16.1. The summed E-state index contributed by atoms with van der Waals surface area (Å²) in [4.78, 5) is 12.9. The third-order valence-electron chi connectivity index (χ3n) is 5.66. The van der Waals surface area contributed by atoms with Crippen molar-refractivity contribution in [3.05, 3.63) is 77.4 Å². The van der Waals surface area contributed by atoms with E-state index < -0.39 is 5.60 Å². The van der Waals surface area contributed by atoms with Crippen LogP contribution in [-0.4, -0.2) is 11.6 Å². The Balaban J connectivity index is 1.86. The van der Waals surface area contributed by atoms with Gasteiger partial charge in [0.05, 0.1) is 5.57 Å². The fourth-order valence-electron chi connectivity index (χ4n) is 4.68. The maximum absolute atomic E-state index is 12.9. The van der Waals surface area contributed by atoms with Gasteiger partial charge in [-0.3, -0.25) is 0 Å². The van der Waals surface area contributed by atoms with Gasteiger partial charge < -0.3 is 4.74 Å². The first-order chi connectivity index (χ1) is 12.3. The molecule has 0 N–H and O–H groups in total. The maximum atomic E-state index is 12.9. The summed E-state index contributed by atoms with van der Waals surface area (Å²) in [5.41, 5.74) is 3.87. The van der Waals surface area contributed by atoms with E-state index in [0.29, 0.717) is 0 Å². The molecule has 1 spiro atoms. The lowest BCUT2D eigenvalue weighted by Crippen LogP contribution is -2.35. The van der Waals surface area contributed by atoms with Gasteiger partial charge in [0.25, 0.3) is 0 Å². The van der Waals surface area contributed by atoms with Gasteiger partial charge in [0.2, 0.25) is 0 Å². The SMILES string of the molecule is CCCC1=C(c2ccccc2)C(=O)OC12CCCC2c1ccccc1. The van der Waals surface area contributed by atoms with Gasteiger partial charge in [-0.25, -0.2) is 4.79 Å². The third-order valence-corrected chi connectivity index (χ3v) is 5.66. The standard InChI is InChI=1S/C23H24O2/c1-2-10-20-21(18-13-7-4-8-14-18)22(24)25-23(20)16-9-15-19(23)17-11-5-3-6-12-17/h3-8,11-14,19H,2,9-10,15-16H2,1H3. The van der Waals surface area contributed by atoms with Gasteiger partial charge in [0.15, 0.2) is 0 Å². The highest BCUT2D eigenvalue weighted by Gasteiger charge is 2.54. The van der Waals surface area contributed by atoms with E-state index in [0.717, 1.165) is 43.2 Å². The Kier molecular flexibility index (Phi) is 4.20. The Morgan fingerprint density at radius 2 is 1.72 bits per heavy atom. The molecule has 2 atom stereocenters. The minimum Gasteiger partial charge on any atom is -0.450 e. The average molecular weight is 332 g/mol. The molecule has 1 fully saturated rings. The zero-order chi connectivity index (χ0) is 17.3. The molecule has 25 heavy (non-hydrogen) atoms. The molecule has 0 bridgehead atoms. The minimum absolute atomic E-state index is 0.141. The smallest absolute Gasteiger partial charge is 0.339 e. The van der Waals surface area contributed by atoms with Gasteiger partial charge >= 0.3 is 5.97 Å². The summed E-state index contributed by atoms with van der Waals surface area (Å²) in [6, 6.07) is 20.6. The fourth-order valence-corrected chi connectivity index (χ4v) is 4.68. The number of esters is 1. The molecule has 0 radical (unpaired) electrons. The van der Waals surface area contributed by atoms with Crippen molar-refractivity contribution in [1.82, 2.24) is 0 Å². The highest BCUT2D eigenvalue weighted by atomic mass is 16.6. The summed E-state index contributed by atoms with van der Waals surface area (Å²) in [6.07, 6.45) is 5.05. The van der Waals surface area contributed by atoms with Crippen molar-refractivity contribution in [2.45, 2.75) is 50.5 Å². The van der Waals surface area contributed by atoms with Crippen LogP contribution in [0.3, 0.4) is 0 Å². The number of benzene rings is 2. The lowest BCUT2D eigenvalue weighted by Gasteiger charge is -2.33. The molecule has 1 aliphatic heterocycles. The van der Waals surface area contributed by atoms with E-state index in [1.807, 2.05) is 36.4 Å². The Labute approximate surface area is 149 Å². The van der Waals surface area contributed by atoms with Crippen LogP contribution in [0.2, 0.25) is 0 Å². The molecular formula is C23H24O2. The summed E-state index contributed by atoms with van der Waals surface area (Å²) < 4.78 is 6.20. The van der Waals surface area contributed by atoms with Crippen LogP contribution in [-0.2, 0) is 9.53 Å². The molecule has 2 nitrogen and oxygen atoms in total. The van der Waals surface area contributed by atoms with Crippen LogP contribution in [0.4, 0.5) is 0 Å². The highest BCUT2D eigenvalue weighted by Crippen LogP contribution is 2.56. The Hall–Kier alpha value is -2.35. The van der Waals surface area contributed by atoms with E-state index in [-0.39, 0.29) is 11.9 Å². The second-order valence-electron chi connectivity index (χ2n) is 7.10. The van der Waals surface area contributed by atoms with Crippen molar-refractivity contribution in [2.75, 3.05) is 0 Å². The monoisotopic (exact) mass is 332 g/mol. The van der Waals surface area contributed by atoms with Crippen LogP contribution in [0.15, 0.2) is 66.2 Å². The predicted octanol–water partition coefficient (Wildman–Crippen LogP) is 5.50. The molecular weight excluding hydrogens is 308 g/mol. The van der Waals surface area contributed by atoms with Crippen LogP contribution >= 0.6 is 0 Å². The fraction of sp³-hybridized carbons (Fsp3) is 0.348. The number of hydrogen-bond acceptors (Lipinski definition) is 2. The number of hydrogen-bond donors (Lipinski definition) is 0. The normalized spacial score (nSPS) is 25.6. The second-order valence-corrected chi connectivity index (χ2v) is 7.10. The molecule has 2 heteroatoms. The topological polar surface area (TPSA) is 26.3 Å². The average Bonchev–Trinajstić information content (AvgIpc) is 3.18. The zero-order valence-electron chi connectivity index (χ0n) is 14.7. The molecule has 0 amide bonds. The number of carbonyl (C=O) groups is 1. The van der Waals surface area contributed by atoms with Gasteiger partial charge in [-0.05, 0) is 42.4 Å². The summed E-state index contributed by atoms with van der Waals surface area (Å²) in [6.45, 7) is 2.18. The van der Waals surface area contributed by atoms with Gasteiger partial charge in [0, 0.05) is 5.92 Å². The van der Waals surface area contributed by atoms with Crippen LogP contribution in [0, 0.1) is 0 Å². The summed E-state index contributed by atoms with van der Waals surface area (Å²) in [7, 11) is 0. The molecule has 1 saturated carbocycles. The van der Waals surface area contributed by atoms with Crippen molar-refractivity contribution in [2.24, 2.45) is 0 Å². The minimum atomic E-state index is -0.445. The first-order valence-electron chi connectivity index (χ1n) is 9.33. The summed E-state index contributed by atoms with van der Waals surface area (Å²) >= 11 is 0. The molecule has 0 aromatic heterocycles. The van der Waals surface area contributed by atoms with Crippen molar-refractivity contribution >= 4 is 11.5 Å². The van der Waals surface area contributed by atoms with Crippen molar-refractivity contribution in [3.63, 3.8) is 0 Å². The Morgan fingerprint density at radius 1 is 1.04 bits per heavy atom. The quantitative estimate of drug-likeness (QED) is 0.691. The van der Waals surface area contributed by atoms with Crippen molar-refractivity contribution in [3.8, 4) is 0 Å². The van der Waals surface area contributed by atoms with Crippen LogP contribution in [0.5, 0.6) is 0 Å². The lowest BCUT2D eigenvalue weighted by molar-refractivity contribution is -0.146. The van der Waals surface area contributed by atoms with Crippen molar-refractivity contribution < 1.29 is 9.53 Å². The van der Waals surface area contributed by atoms with Crippen LogP contribution in [0.25, 0.3) is 5.57 Å². The van der Waals surface area contributed by atoms with Gasteiger partial charge in [-0.15, -0.1) is 0 Å². The van der Waals surface area contributed by atoms with E-state index in [1.165, 1.54) is 11.1 Å². The number of ether oxygens (including phenoxy) is 1. The van der Waals surface area contributed by atoms with Gasteiger partial charge in [-0.2, -0.15) is 0 Å². The van der Waals surface area contributed by atoms with Crippen LogP contribution in [0.1, 0.15) is 56.1 Å². The van der Waals surface area contributed by atoms with Gasteiger partial charge in [0.1, 0.15) is 5.60 Å². The largest absolute Gasteiger partial charge is 0.450 e. The predicted molar refractivity (Wildman–Crippen MR) is 100 cm³/mol. The third kappa shape index (κ3) is 2.60. The number of carbonyl (C=O) groups excluding carboxylic acids is 1. The van der Waals surface area contributed by atoms with E-state index in [1.54, 1.807) is 0 Å². The van der Waals surface area contributed by atoms with E-state index in [4.69, 9.17) is 4.74 Å². The van der Waals surface area contributed by atoms with E-state index in [2.05, 4.69) is 31.2 Å². The summed E-state index contributed by atoms with van der Waals surface area (Å²) in [5, 5.41) is 0. The molecule has 2 aromatic carbocycles. The molecule has 2 aromatic rings. The zero-order valence-corrected chi connectivity index (χ0v) is 14.7. The molecule has 2 aliphatic rings.